The van der Waals surface area contributed by atoms with Gasteiger partial charge in [-0.05, 0) is 52.6 Å². The number of fused-ring (bicyclic) bond motifs is 4. The molecule has 206 valence electrons. The van der Waals surface area contributed by atoms with Crippen LogP contribution in [0.4, 0.5) is 0 Å². The van der Waals surface area contributed by atoms with Crippen LogP contribution in [0.3, 0.4) is 0 Å². The van der Waals surface area contributed by atoms with Crippen LogP contribution in [0.15, 0.2) is 54.7 Å². The number of ether oxygens (including phenoxy) is 6. The molecule has 0 spiro atoms. The van der Waals surface area contributed by atoms with Crippen LogP contribution in [-0.4, -0.2) is 45.7 Å². The van der Waals surface area contributed by atoms with Gasteiger partial charge in [-0.15, -0.1) is 0 Å². The van der Waals surface area contributed by atoms with E-state index in [1.807, 2.05) is 36.5 Å². The molecule has 3 aromatic carbocycles. The monoisotopic (exact) mass is 542 g/mol. The lowest BCUT2D eigenvalue weighted by Gasteiger charge is -2.39. The van der Waals surface area contributed by atoms with Crippen molar-refractivity contribution in [2.75, 3.05) is 34.7 Å². The van der Waals surface area contributed by atoms with Gasteiger partial charge in [0.25, 0.3) is 0 Å². The fourth-order valence-corrected chi connectivity index (χ4v) is 6.60. The van der Waals surface area contributed by atoms with Crippen LogP contribution in [0.1, 0.15) is 34.2 Å². The Morgan fingerprint density at radius 1 is 0.925 bits per heavy atom. The summed E-state index contributed by atoms with van der Waals surface area (Å²) in [6.07, 6.45) is 2.04. The molecular weight excluding hydrogens is 512 g/mol. The first-order valence-corrected chi connectivity index (χ1v) is 13.3. The standard InChI is InChI=1S/C31H30N2O7/c1-35-25-8-16(9-26(36-2)30(25)37-3)27-19-10-23-24(40-15-39-23)11-20(19)29(21-14-38-31(34)28(21)27)33-13-17-12-32-22-7-5-4-6-18(17)22/h4-12,21,27-29,32-33H,13-15H2,1-3H3/t21-,27+,28-,29-/m0/s1. The zero-order valence-electron chi connectivity index (χ0n) is 22.5. The lowest BCUT2D eigenvalue weighted by atomic mass is 9.65. The van der Waals surface area contributed by atoms with Crippen LogP contribution in [-0.2, 0) is 16.1 Å². The molecule has 3 aliphatic rings. The van der Waals surface area contributed by atoms with Crippen LogP contribution in [0.2, 0.25) is 0 Å². The predicted octanol–water partition coefficient (Wildman–Crippen LogP) is 4.69. The van der Waals surface area contributed by atoms with Gasteiger partial charge in [0.05, 0.1) is 33.9 Å². The van der Waals surface area contributed by atoms with Gasteiger partial charge in [-0.25, -0.2) is 0 Å². The van der Waals surface area contributed by atoms with Gasteiger partial charge < -0.3 is 38.7 Å². The second kappa shape index (κ2) is 9.67. The van der Waals surface area contributed by atoms with E-state index in [-0.39, 0.29) is 30.6 Å². The highest BCUT2D eigenvalue weighted by molar-refractivity contribution is 5.83. The van der Waals surface area contributed by atoms with Gasteiger partial charge in [0.15, 0.2) is 23.0 Å². The van der Waals surface area contributed by atoms with E-state index in [1.165, 1.54) is 5.39 Å². The minimum atomic E-state index is -0.420. The average molecular weight is 543 g/mol. The van der Waals surface area contributed by atoms with E-state index in [1.54, 1.807) is 21.3 Å². The van der Waals surface area contributed by atoms with Gasteiger partial charge in [-0.1, -0.05) is 18.2 Å². The topological polar surface area (TPSA) is 100 Å². The number of nitrogens with one attached hydrogen (secondary N) is 2. The number of H-pyrrole nitrogens is 1. The Kier molecular flexibility index (Phi) is 5.96. The molecule has 0 bridgehead atoms. The highest BCUT2D eigenvalue weighted by Crippen LogP contribution is 2.55. The second-order valence-corrected chi connectivity index (χ2v) is 10.3. The molecule has 2 N–H and O–H groups in total. The van der Waals surface area contributed by atoms with E-state index >= 15 is 0 Å². The Morgan fingerprint density at radius 3 is 2.38 bits per heavy atom. The molecule has 2 aliphatic heterocycles. The molecule has 4 aromatic rings. The summed E-state index contributed by atoms with van der Waals surface area (Å²) in [4.78, 5) is 16.8. The predicted molar refractivity (Wildman–Crippen MR) is 146 cm³/mol. The van der Waals surface area contributed by atoms with Gasteiger partial charge >= 0.3 is 5.97 Å². The zero-order chi connectivity index (χ0) is 27.4. The van der Waals surface area contributed by atoms with Crippen LogP contribution in [0.25, 0.3) is 10.9 Å². The molecule has 1 aromatic heterocycles. The summed E-state index contributed by atoms with van der Waals surface area (Å²) in [7, 11) is 4.75. The summed E-state index contributed by atoms with van der Waals surface area (Å²) in [5.74, 6) is 1.87. The van der Waals surface area contributed by atoms with E-state index in [9.17, 15) is 4.79 Å². The van der Waals surface area contributed by atoms with Crippen molar-refractivity contribution in [2.24, 2.45) is 11.8 Å². The van der Waals surface area contributed by atoms with E-state index in [4.69, 9.17) is 28.4 Å². The minimum absolute atomic E-state index is 0.102. The minimum Gasteiger partial charge on any atom is -0.493 e. The number of carbonyl (C=O) groups is 1. The Morgan fingerprint density at radius 2 is 1.65 bits per heavy atom. The van der Waals surface area contributed by atoms with Crippen LogP contribution in [0, 0.1) is 11.8 Å². The lowest BCUT2D eigenvalue weighted by Crippen LogP contribution is -2.40. The Hall–Kier alpha value is -4.37. The molecule has 9 nitrogen and oxygen atoms in total. The Labute approximate surface area is 231 Å². The van der Waals surface area contributed by atoms with Gasteiger partial charge in [0, 0.05) is 41.5 Å². The molecule has 9 heteroatoms. The third-order valence-electron chi connectivity index (χ3n) is 8.42. The van der Waals surface area contributed by atoms with Gasteiger partial charge in [-0.3, -0.25) is 4.79 Å². The number of aromatic amines is 1. The molecule has 0 unspecified atom stereocenters. The fraction of sp³-hybridized carbons (Fsp3) is 0.323. The Bertz CT molecular complexity index is 1590. The third-order valence-corrected chi connectivity index (χ3v) is 8.42. The molecule has 1 saturated heterocycles. The number of methoxy groups -OCH3 is 3. The SMILES string of the molecule is COc1cc([C@@H]2c3cc4c(cc3[C@H](NCc3c[nH]c5ccccc35)[C@H]3COC(=O)[C@H]23)OCO4)cc(OC)c1OC. The van der Waals surface area contributed by atoms with E-state index in [0.29, 0.717) is 41.9 Å². The van der Waals surface area contributed by atoms with Crippen molar-refractivity contribution in [1.29, 1.82) is 0 Å². The number of benzene rings is 3. The van der Waals surface area contributed by atoms with Crippen molar-refractivity contribution in [3.8, 4) is 28.7 Å². The third kappa shape index (κ3) is 3.76. The maximum atomic E-state index is 13.4. The maximum absolute atomic E-state index is 13.4. The lowest BCUT2D eigenvalue weighted by molar-refractivity contribution is -0.141. The molecule has 0 amide bonds. The molecule has 40 heavy (non-hydrogen) atoms. The molecule has 7 rings (SSSR count). The van der Waals surface area contributed by atoms with Crippen molar-refractivity contribution in [3.63, 3.8) is 0 Å². The van der Waals surface area contributed by atoms with Crippen molar-refractivity contribution in [3.05, 3.63) is 77.0 Å². The van der Waals surface area contributed by atoms with Crippen LogP contribution in [0.5, 0.6) is 28.7 Å². The highest BCUT2D eigenvalue weighted by Gasteiger charge is 2.52. The number of carbonyl (C=O) groups excluding carboxylic acids is 1. The quantitative estimate of drug-likeness (QED) is 0.325. The van der Waals surface area contributed by atoms with Crippen molar-refractivity contribution in [2.45, 2.75) is 18.5 Å². The molecule has 1 fully saturated rings. The summed E-state index contributed by atoms with van der Waals surface area (Å²) in [6, 6.07) is 16.0. The Balaban J connectivity index is 1.36. The number of hydrogen-bond acceptors (Lipinski definition) is 8. The molecular formula is C31H30N2O7. The largest absolute Gasteiger partial charge is 0.493 e. The van der Waals surface area contributed by atoms with Crippen molar-refractivity contribution in [1.82, 2.24) is 10.3 Å². The summed E-state index contributed by atoms with van der Waals surface area (Å²) >= 11 is 0. The summed E-state index contributed by atoms with van der Waals surface area (Å²) in [6.45, 7) is 1.11. The number of cyclic esters (lactones) is 1. The fourth-order valence-electron chi connectivity index (χ4n) is 6.60. The van der Waals surface area contributed by atoms with E-state index < -0.39 is 5.92 Å². The summed E-state index contributed by atoms with van der Waals surface area (Å²) < 4.78 is 34.2. The summed E-state index contributed by atoms with van der Waals surface area (Å²) in [5, 5.41) is 4.94. The normalized spacial score (nSPS) is 22.5. The van der Waals surface area contributed by atoms with E-state index in [2.05, 4.69) is 28.5 Å². The van der Waals surface area contributed by atoms with E-state index in [0.717, 1.165) is 27.8 Å². The van der Waals surface area contributed by atoms with Crippen molar-refractivity contribution >= 4 is 16.9 Å². The molecule has 0 saturated carbocycles. The number of aromatic nitrogens is 1. The average Bonchev–Trinajstić information content (AvgIpc) is 3.72. The molecule has 3 heterocycles. The molecule has 4 atom stereocenters. The van der Waals surface area contributed by atoms with Crippen molar-refractivity contribution < 1.29 is 33.2 Å². The first-order chi connectivity index (χ1) is 19.6. The number of esters is 1. The first kappa shape index (κ1) is 24.7. The smallest absolute Gasteiger partial charge is 0.310 e. The second-order valence-electron chi connectivity index (χ2n) is 10.3. The maximum Gasteiger partial charge on any atom is 0.310 e. The summed E-state index contributed by atoms with van der Waals surface area (Å²) in [5.41, 5.74) is 5.16. The van der Waals surface area contributed by atoms with Gasteiger partial charge in [0.1, 0.15) is 0 Å². The number of hydrogen-bond donors (Lipinski definition) is 2. The zero-order valence-corrected chi connectivity index (χ0v) is 22.5. The molecule has 0 radical (unpaired) electrons. The van der Waals surface area contributed by atoms with Gasteiger partial charge in [-0.2, -0.15) is 0 Å². The first-order valence-electron chi connectivity index (χ1n) is 13.3. The molecule has 1 aliphatic carbocycles. The van der Waals surface area contributed by atoms with Crippen LogP contribution < -0.4 is 29.0 Å². The van der Waals surface area contributed by atoms with Crippen LogP contribution >= 0.6 is 0 Å². The highest BCUT2D eigenvalue weighted by atomic mass is 16.7. The van der Waals surface area contributed by atoms with Gasteiger partial charge in [0.2, 0.25) is 12.5 Å². The number of rotatable bonds is 7. The number of para-hydroxylation sites is 1.